The molecule has 0 saturated carbocycles. The van der Waals surface area contributed by atoms with Crippen LogP contribution in [-0.2, 0) is 10.0 Å². The van der Waals surface area contributed by atoms with Gasteiger partial charge in [-0.15, -0.1) is 0 Å². The summed E-state index contributed by atoms with van der Waals surface area (Å²) in [6, 6.07) is 1.52. The van der Waals surface area contributed by atoms with Crippen LogP contribution in [0.3, 0.4) is 0 Å². The normalized spacial score (nSPS) is 11.7. The number of fused-ring (bicyclic) bond motifs is 1. The molecule has 0 unspecified atom stereocenters. The lowest BCUT2D eigenvalue weighted by molar-refractivity contribution is 0.0691. The van der Waals surface area contributed by atoms with Crippen molar-refractivity contribution in [2.75, 3.05) is 11.0 Å². The number of nitrogens with one attached hydrogen (secondary N) is 2. The van der Waals surface area contributed by atoms with Crippen molar-refractivity contribution in [1.82, 2.24) is 19.6 Å². The molecule has 0 atom stereocenters. The summed E-state index contributed by atoms with van der Waals surface area (Å²) < 4.78 is 26.7. The van der Waals surface area contributed by atoms with E-state index in [0.717, 1.165) is 6.26 Å². The van der Waals surface area contributed by atoms with Crippen LogP contribution in [0.25, 0.3) is 16.8 Å². The minimum Gasteiger partial charge on any atom is -0.476 e. The number of imidazole rings is 1. The molecule has 3 aromatic rings. The highest BCUT2D eigenvalue weighted by Gasteiger charge is 2.21. The number of pyridine rings is 1. The molecule has 0 aliphatic carbocycles. The number of anilines is 1. The topological polar surface area (TPSA) is 129 Å². The maximum Gasteiger partial charge on any atom is 0.357 e. The number of nitrogens with zero attached hydrogens (tertiary/aromatic N) is 3. The van der Waals surface area contributed by atoms with E-state index in [9.17, 15) is 13.2 Å². The fourth-order valence-corrected chi connectivity index (χ4v) is 2.90. The number of carboxylic acid groups (broad SMARTS) is 1. The van der Waals surface area contributed by atoms with Crippen LogP contribution in [0, 0.1) is 0 Å². The van der Waals surface area contributed by atoms with Gasteiger partial charge in [-0.05, 0) is 6.07 Å². The van der Waals surface area contributed by atoms with Crippen LogP contribution in [0.4, 0.5) is 5.69 Å². The quantitative estimate of drug-likeness (QED) is 0.649. The molecule has 9 nitrogen and oxygen atoms in total. The second-order valence-corrected chi connectivity index (χ2v) is 6.86. The number of rotatable bonds is 4. The van der Waals surface area contributed by atoms with Gasteiger partial charge in [0.15, 0.2) is 11.3 Å². The molecular weight excluding hydrogens is 346 g/mol. The Bertz CT molecular complexity index is 1010. The van der Waals surface area contributed by atoms with Gasteiger partial charge in [0.05, 0.1) is 18.1 Å². The number of halogens is 1. The van der Waals surface area contributed by atoms with Crippen LogP contribution in [0.5, 0.6) is 0 Å². The zero-order valence-corrected chi connectivity index (χ0v) is 13.2. The minimum atomic E-state index is -3.60. The molecule has 0 bridgehead atoms. The summed E-state index contributed by atoms with van der Waals surface area (Å²) in [5.41, 5.74) is 1.08. The molecule has 23 heavy (non-hydrogen) atoms. The molecule has 3 N–H and O–H groups in total. The largest absolute Gasteiger partial charge is 0.476 e. The van der Waals surface area contributed by atoms with Gasteiger partial charge in [-0.25, -0.2) is 18.2 Å². The molecule has 0 aliphatic heterocycles. The predicted octanol–water partition coefficient (Wildman–Crippen LogP) is 1.45. The fourth-order valence-electron chi connectivity index (χ4n) is 2.09. The second-order valence-electron chi connectivity index (χ2n) is 4.75. The summed E-state index contributed by atoms with van der Waals surface area (Å²) in [5, 5.41) is 15.5. The van der Waals surface area contributed by atoms with E-state index >= 15 is 0 Å². The second kappa shape index (κ2) is 5.25. The van der Waals surface area contributed by atoms with Crippen molar-refractivity contribution in [3.63, 3.8) is 0 Å². The first-order valence-electron chi connectivity index (χ1n) is 6.18. The Balaban J connectivity index is 2.33. The molecule has 0 amide bonds. The summed E-state index contributed by atoms with van der Waals surface area (Å²) in [4.78, 5) is 15.1. The van der Waals surface area contributed by atoms with E-state index in [1.165, 1.54) is 16.7 Å². The maximum absolute atomic E-state index is 11.6. The van der Waals surface area contributed by atoms with E-state index in [1.807, 2.05) is 0 Å². The summed E-state index contributed by atoms with van der Waals surface area (Å²) in [6.45, 7) is 0. The van der Waals surface area contributed by atoms with Gasteiger partial charge in [0.2, 0.25) is 10.0 Å². The van der Waals surface area contributed by atoms with E-state index in [-0.39, 0.29) is 22.2 Å². The van der Waals surface area contributed by atoms with Gasteiger partial charge in [0, 0.05) is 23.5 Å². The highest BCUT2D eigenvalue weighted by Crippen LogP contribution is 2.30. The number of hydrogen-bond donors (Lipinski definition) is 3. The lowest BCUT2D eigenvalue weighted by atomic mass is 10.1. The third kappa shape index (κ3) is 2.85. The number of carbonyl (C=O) groups is 1. The zero-order chi connectivity index (χ0) is 16.8. The lowest BCUT2D eigenvalue weighted by Gasteiger charge is -2.08. The first kappa shape index (κ1) is 15.3. The van der Waals surface area contributed by atoms with Crippen molar-refractivity contribution in [2.24, 2.45) is 0 Å². The van der Waals surface area contributed by atoms with Gasteiger partial charge >= 0.3 is 5.97 Å². The summed E-state index contributed by atoms with van der Waals surface area (Å²) in [5.74, 6) is -1.31. The first-order valence-corrected chi connectivity index (χ1v) is 8.45. The first-order chi connectivity index (χ1) is 10.8. The van der Waals surface area contributed by atoms with Crippen LogP contribution in [0.2, 0.25) is 5.15 Å². The smallest absolute Gasteiger partial charge is 0.357 e. The predicted molar refractivity (Wildman–Crippen MR) is 83.2 cm³/mol. The van der Waals surface area contributed by atoms with Gasteiger partial charge in [-0.3, -0.25) is 14.2 Å². The summed E-state index contributed by atoms with van der Waals surface area (Å²) in [6.07, 6.45) is 5.68. The van der Waals surface area contributed by atoms with E-state index < -0.39 is 16.0 Å². The van der Waals surface area contributed by atoms with Gasteiger partial charge in [-0.1, -0.05) is 11.6 Å². The third-order valence-corrected chi connectivity index (χ3v) is 3.94. The minimum absolute atomic E-state index is 0.0880. The molecule has 3 heterocycles. The number of aromatic amines is 1. The van der Waals surface area contributed by atoms with Gasteiger partial charge < -0.3 is 5.11 Å². The Morgan fingerprint density at radius 1 is 1.43 bits per heavy atom. The molecule has 3 rings (SSSR count). The molecule has 120 valence electrons. The zero-order valence-electron chi connectivity index (χ0n) is 11.6. The molecule has 0 saturated heterocycles. The fraction of sp³-hybridized carbons (Fsp3) is 0.0833. The molecule has 0 spiro atoms. The van der Waals surface area contributed by atoms with E-state index in [4.69, 9.17) is 16.7 Å². The van der Waals surface area contributed by atoms with Crippen molar-refractivity contribution >= 4 is 38.9 Å². The molecule has 0 aliphatic rings. The molecular formula is C12H10ClN5O4S. The third-order valence-electron chi connectivity index (χ3n) is 2.99. The van der Waals surface area contributed by atoms with Crippen molar-refractivity contribution in [3.05, 3.63) is 35.5 Å². The van der Waals surface area contributed by atoms with Crippen LogP contribution in [0.1, 0.15) is 10.5 Å². The van der Waals surface area contributed by atoms with Crippen molar-refractivity contribution in [2.45, 2.75) is 0 Å². The van der Waals surface area contributed by atoms with E-state index in [0.29, 0.717) is 11.1 Å². The molecule has 0 radical (unpaired) electrons. The highest BCUT2D eigenvalue weighted by atomic mass is 35.5. The highest BCUT2D eigenvalue weighted by molar-refractivity contribution is 7.92. The molecule has 0 fully saturated rings. The van der Waals surface area contributed by atoms with Gasteiger partial charge in [-0.2, -0.15) is 5.10 Å². The van der Waals surface area contributed by atoms with Gasteiger partial charge in [0.25, 0.3) is 0 Å². The molecule has 3 aromatic heterocycles. The van der Waals surface area contributed by atoms with Crippen molar-refractivity contribution in [1.29, 1.82) is 0 Å². The summed E-state index contributed by atoms with van der Waals surface area (Å²) >= 11 is 6.05. The average Bonchev–Trinajstić information content (AvgIpc) is 3.05. The Labute approximate surface area is 135 Å². The number of carboxylic acids is 1. The molecule has 0 aromatic carbocycles. The Morgan fingerprint density at radius 2 is 2.17 bits per heavy atom. The van der Waals surface area contributed by atoms with Crippen molar-refractivity contribution < 1.29 is 18.3 Å². The number of hydrogen-bond acceptors (Lipinski definition) is 5. The Hall–Kier alpha value is -2.59. The van der Waals surface area contributed by atoms with Crippen LogP contribution in [-0.4, -0.2) is 45.3 Å². The van der Waals surface area contributed by atoms with Crippen LogP contribution in [0.15, 0.2) is 24.7 Å². The van der Waals surface area contributed by atoms with E-state index in [2.05, 4.69) is 19.9 Å². The standard InChI is InChI=1S/C12H10ClN5O4S/c1-23(21,22)17-8-2-6(7-3-14-15-4-7)5-18-10(13)9(12(19)20)16-11(8)18/h2-5,17H,1H3,(H,14,15)(H,19,20). The number of aromatic nitrogens is 4. The van der Waals surface area contributed by atoms with E-state index in [1.54, 1.807) is 12.4 Å². The number of aromatic carboxylic acids is 1. The van der Waals surface area contributed by atoms with Gasteiger partial charge in [0.1, 0.15) is 5.15 Å². The maximum atomic E-state index is 11.6. The lowest BCUT2D eigenvalue weighted by Crippen LogP contribution is -2.11. The monoisotopic (exact) mass is 355 g/mol. The average molecular weight is 356 g/mol. The molecule has 11 heteroatoms. The number of H-pyrrole nitrogens is 1. The van der Waals surface area contributed by atoms with Crippen LogP contribution < -0.4 is 4.72 Å². The van der Waals surface area contributed by atoms with Crippen molar-refractivity contribution in [3.8, 4) is 11.1 Å². The number of sulfonamides is 1. The summed E-state index contributed by atoms with van der Waals surface area (Å²) in [7, 11) is -3.60. The SMILES string of the molecule is CS(=O)(=O)Nc1cc(-c2cn[nH]c2)cn2c(Cl)c(C(=O)O)nc12. The Kier molecular flexibility index (Phi) is 3.49. The Morgan fingerprint density at radius 3 is 2.74 bits per heavy atom. The van der Waals surface area contributed by atoms with Crippen LogP contribution >= 0.6 is 11.6 Å².